The highest BCUT2D eigenvalue weighted by Gasteiger charge is 2.36. The van der Waals surface area contributed by atoms with Gasteiger partial charge in [-0.3, -0.25) is 0 Å². The number of anilines is 1. The van der Waals surface area contributed by atoms with Crippen LogP contribution in [-0.4, -0.2) is 18.1 Å². The topological polar surface area (TPSA) is 29.3 Å². The molecule has 1 saturated carbocycles. The summed E-state index contributed by atoms with van der Waals surface area (Å²) in [5.74, 6) is 1.72. The van der Waals surface area contributed by atoms with Crippen molar-refractivity contribution in [2.75, 3.05) is 18.0 Å². The molecular weight excluding hydrogens is 264 g/mol. The lowest BCUT2D eigenvalue weighted by Gasteiger charge is -2.22. The Kier molecular flexibility index (Phi) is 3.20. The zero-order chi connectivity index (χ0) is 12.7. The van der Waals surface area contributed by atoms with Crippen molar-refractivity contribution in [2.45, 2.75) is 19.3 Å². The predicted molar refractivity (Wildman–Crippen MR) is 80.4 cm³/mol. The molecule has 1 heterocycles. The number of rotatable bonds is 2. The van der Waals surface area contributed by atoms with Crippen molar-refractivity contribution in [2.24, 2.45) is 17.6 Å². The van der Waals surface area contributed by atoms with E-state index in [9.17, 15) is 0 Å². The van der Waals surface area contributed by atoms with Crippen LogP contribution in [0.25, 0.3) is 0 Å². The van der Waals surface area contributed by atoms with Gasteiger partial charge in [-0.05, 0) is 42.9 Å². The van der Waals surface area contributed by atoms with E-state index in [-0.39, 0.29) is 0 Å². The molecule has 96 valence electrons. The Balaban J connectivity index is 1.90. The van der Waals surface area contributed by atoms with Crippen molar-refractivity contribution in [3.8, 4) is 0 Å². The van der Waals surface area contributed by atoms with Crippen LogP contribution >= 0.6 is 23.8 Å². The van der Waals surface area contributed by atoms with Crippen LogP contribution < -0.4 is 10.6 Å². The summed E-state index contributed by atoms with van der Waals surface area (Å²) in [6, 6.07) is 5.86. The number of nitrogens with zero attached hydrogens (tertiary/aromatic N) is 1. The van der Waals surface area contributed by atoms with E-state index < -0.39 is 0 Å². The van der Waals surface area contributed by atoms with Crippen molar-refractivity contribution in [3.63, 3.8) is 0 Å². The average molecular weight is 281 g/mol. The lowest BCUT2D eigenvalue weighted by Crippen LogP contribution is -2.24. The molecule has 2 nitrogen and oxygen atoms in total. The molecule has 2 aliphatic rings. The Bertz CT molecular complexity index is 477. The number of nitrogens with two attached hydrogens (primary N) is 1. The van der Waals surface area contributed by atoms with Gasteiger partial charge < -0.3 is 10.6 Å². The van der Waals surface area contributed by atoms with Crippen molar-refractivity contribution in [3.05, 3.63) is 28.8 Å². The summed E-state index contributed by atoms with van der Waals surface area (Å²) in [5, 5.41) is 0.695. The van der Waals surface area contributed by atoms with Crippen LogP contribution in [-0.2, 0) is 0 Å². The zero-order valence-electron chi connectivity index (χ0n) is 10.2. The fourth-order valence-corrected chi connectivity index (χ4v) is 3.75. The highest BCUT2D eigenvalue weighted by Crippen LogP contribution is 2.40. The third-order valence-electron chi connectivity index (χ3n) is 4.29. The summed E-state index contributed by atoms with van der Waals surface area (Å²) >= 11 is 11.2. The van der Waals surface area contributed by atoms with Crippen molar-refractivity contribution in [1.29, 1.82) is 0 Å². The first-order valence-electron chi connectivity index (χ1n) is 6.49. The molecular formula is C14H17ClN2S. The highest BCUT2D eigenvalue weighted by atomic mass is 35.5. The average Bonchev–Trinajstić information content (AvgIpc) is 2.88. The zero-order valence-corrected chi connectivity index (χ0v) is 11.8. The summed E-state index contributed by atoms with van der Waals surface area (Å²) < 4.78 is 0. The molecule has 4 heteroatoms. The fraction of sp³-hybridized carbons (Fsp3) is 0.500. The molecule has 2 N–H and O–H groups in total. The number of hydrogen-bond donors (Lipinski definition) is 1. The summed E-state index contributed by atoms with van der Waals surface area (Å²) in [6.07, 6.45) is 4.14. The minimum absolute atomic E-state index is 0.435. The molecule has 2 fully saturated rings. The summed E-state index contributed by atoms with van der Waals surface area (Å²) in [5.41, 5.74) is 7.88. The van der Waals surface area contributed by atoms with Crippen LogP contribution in [0.2, 0.25) is 5.02 Å². The van der Waals surface area contributed by atoms with Gasteiger partial charge in [0.15, 0.2) is 0 Å². The molecule has 1 aromatic rings. The van der Waals surface area contributed by atoms with Gasteiger partial charge in [0.1, 0.15) is 4.99 Å². The van der Waals surface area contributed by atoms with E-state index in [1.807, 2.05) is 12.1 Å². The second kappa shape index (κ2) is 4.71. The van der Waals surface area contributed by atoms with Crippen LogP contribution in [0, 0.1) is 11.8 Å². The molecule has 1 saturated heterocycles. The molecule has 2 atom stereocenters. The first-order valence-corrected chi connectivity index (χ1v) is 7.28. The largest absolute Gasteiger partial charge is 0.389 e. The molecule has 1 aliphatic heterocycles. The molecule has 0 aromatic heterocycles. The second-order valence-electron chi connectivity index (χ2n) is 5.38. The van der Waals surface area contributed by atoms with Gasteiger partial charge in [0.05, 0.1) is 0 Å². The Morgan fingerprint density at radius 2 is 1.94 bits per heavy atom. The van der Waals surface area contributed by atoms with E-state index in [1.54, 1.807) is 0 Å². The number of hydrogen-bond acceptors (Lipinski definition) is 2. The van der Waals surface area contributed by atoms with Crippen LogP contribution in [0.3, 0.4) is 0 Å². The van der Waals surface area contributed by atoms with E-state index in [0.29, 0.717) is 10.0 Å². The molecule has 3 rings (SSSR count). The van der Waals surface area contributed by atoms with Crippen LogP contribution in [0.5, 0.6) is 0 Å². The Morgan fingerprint density at radius 3 is 2.56 bits per heavy atom. The van der Waals surface area contributed by atoms with Gasteiger partial charge in [0.25, 0.3) is 0 Å². The van der Waals surface area contributed by atoms with Crippen molar-refractivity contribution >= 4 is 34.5 Å². The van der Waals surface area contributed by atoms with Crippen molar-refractivity contribution < 1.29 is 0 Å². The minimum atomic E-state index is 0.435. The molecule has 1 aromatic carbocycles. The summed E-state index contributed by atoms with van der Waals surface area (Å²) in [6.45, 7) is 2.28. The summed E-state index contributed by atoms with van der Waals surface area (Å²) in [4.78, 5) is 2.86. The molecule has 0 radical (unpaired) electrons. The van der Waals surface area contributed by atoms with E-state index >= 15 is 0 Å². The van der Waals surface area contributed by atoms with Gasteiger partial charge in [-0.1, -0.05) is 30.2 Å². The van der Waals surface area contributed by atoms with E-state index in [4.69, 9.17) is 29.6 Å². The Hall–Kier alpha value is -0.800. The monoisotopic (exact) mass is 280 g/mol. The number of thiocarbonyl (C=S) groups is 1. The molecule has 0 bridgehead atoms. The second-order valence-corrected chi connectivity index (χ2v) is 6.26. The molecule has 2 unspecified atom stereocenters. The maximum absolute atomic E-state index is 6.03. The van der Waals surface area contributed by atoms with Gasteiger partial charge in [0.2, 0.25) is 0 Å². The third kappa shape index (κ3) is 2.10. The highest BCUT2D eigenvalue weighted by molar-refractivity contribution is 7.80. The predicted octanol–water partition coefficient (Wildman–Crippen LogP) is 3.21. The lowest BCUT2D eigenvalue weighted by molar-refractivity contribution is 0.494. The lowest BCUT2D eigenvalue weighted by atomic mass is 10.0. The molecule has 0 spiro atoms. The van der Waals surface area contributed by atoms with Crippen molar-refractivity contribution in [1.82, 2.24) is 0 Å². The van der Waals surface area contributed by atoms with E-state index in [0.717, 1.165) is 36.2 Å². The van der Waals surface area contributed by atoms with Gasteiger partial charge in [-0.2, -0.15) is 0 Å². The van der Waals surface area contributed by atoms with E-state index in [2.05, 4.69) is 11.0 Å². The quantitative estimate of drug-likeness (QED) is 0.844. The Labute approximate surface area is 118 Å². The maximum Gasteiger partial charge on any atom is 0.106 e. The maximum atomic E-state index is 6.03. The SMILES string of the molecule is NC(=S)c1cc(Cl)ccc1N1CC2CCCC2C1. The fourth-order valence-electron chi connectivity index (χ4n) is 3.41. The number of fused-ring (bicyclic) bond motifs is 1. The summed E-state index contributed by atoms with van der Waals surface area (Å²) in [7, 11) is 0. The Morgan fingerprint density at radius 1 is 1.28 bits per heavy atom. The standard InChI is InChI=1S/C14H17ClN2S/c15-11-4-5-13(12(6-11)14(16)18)17-7-9-2-1-3-10(9)8-17/h4-6,9-10H,1-3,7-8H2,(H2,16,18). The van der Waals surface area contributed by atoms with E-state index in [1.165, 1.54) is 19.3 Å². The number of halogens is 1. The van der Waals surface area contributed by atoms with Gasteiger partial charge >= 0.3 is 0 Å². The first-order chi connectivity index (χ1) is 8.65. The minimum Gasteiger partial charge on any atom is -0.389 e. The normalized spacial score (nSPS) is 26.4. The number of benzene rings is 1. The first kappa shape index (κ1) is 12.2. The molecule has 0 amide bonds. The molecule has 18 heavy (non-hydrogen) atoms. The van der Waals surface area contributed by atoms with Gasteiger partial charge in [-0.15, -0.1) is 0 Å². The smallest absolute Gasteiger partial charge is 0.106 e. The molecule has 1 aliphatic carbocycles. The van der Waals surface area contributed by atoms with Crippen LogP contribution in [0.1, 0.15) is 24.8 Å². The third-order valence-corrected chi connectivity index (χ3v) is 4.75. The van der Waals surface area contributed by atoms with Gasteiger partial charge in [-0.25, -0.2) is 0 Å². The van der Waals surface area contributed by atoms with Gasteiger partial charge in [0, 0.05) is 29.4 Å². The van der Waals surface area contributed by atoms with Crippen LogP contribution in [0.4, 0.5) is 5.69 Å². The van der Waals surface area contributed by atoms with Crippen LogP contribution in [0.15, 0.2) is 18.2 Å².